The van der Waals surface area contributed by atoms with Crippen LogP contribution < -0.4 is 0 Å². The van der Waals surface area contributed by atoms with Crippen molar-refractivity contribution in [3.05, 3.63) is 133 Å². The molecule has 6 aromatic carbocycles. The molecule has 0 aliphatic rings. The minimum atomic E-state index is 0.533. The molecule has 0 saturated carbocycles. The van der Waals surface area contributed by atoms with Crippen molar-refractivity contribution in [2.45, 2.75) is 0 Å². The first-order valence-electron chi connectivity index (χ1n) is 14.4. The molecule has 0 N–H and O–H groups in total. The standard InChI is InChI=1S/C38H22N4O2/c1-3-12-23(13-4-1)35-40-36(29-20-11-19-28-26-17-9-10-21-31(26)43-34(28)29)42-37(41-35)30-22-32-33(27-18-8-7-16-25(27)30)39-38(44-32)24-14-5-2-6-15-24/h1-22H. The first kappa shape index (κ1) is 24.5. The minimum absolute atomic E-state index is 0.533. The molecule has 0 fully saturated rings. The van der Waals surface area contributed by atoms with Crippen LogP contribution in [0.15, 0.2) is 142 Å². The summed E-state index contributed by atoms with van der Waals surface area (Å²) >= 11 is 0. The Kier molecular flexibility index (Phi) is 5.40. The largest absolute Gasteiger partial charge is 0.455 e. The lowest BCUT2D eigenvalue weighted by molar-refractivity contribution is 0.620. The number of oxazole rings is 1. The Balaban J connectivity index is 1.32. The van der Waals surface area contributed by atoms with E-state index in [1.54, 1.807) is 0 Å². The third-order valence-corrected chi connectivity index (χ3v) is 7.98. The Labute approximate surface area is 251 Å². The summed E-state index contributed by atoms with van der Waals surface area (Å²) in [5.41, 5.74) is 6.48. The lowest BCUT2D eigenvalue weighted by Crippen LogP contribution is -2.01. The van der Waals surface area contributed by atoms with Gasteiger partial charge in [0.15, 0.2) is 23.1 Å². The van der Waals surface area contributed by atoms with Gasteiger partial charge in [-0.05, 0) is 35.7 Å². The fraction of sp³-hybridized carbons (Fsp3) is 0. The van der Waals surface area contributed by atoms with Gasteiger partial charge in [-0.25, -0.2) is 19.9 Å². The van der Waals surface area contributed by atoms with Gasteiger partial charge in [-0.2, -0.15) is 0 Å². The van der Waals surface area contributed by atoms with E-state index in [2.05, 4.69) is 24.3 Å². The number of rotatable bonds is 4. The number of furan rings is 1. The van der Waals surface area contributed by atoms with E-state index in [0.29, 0.717) is 28.9 Å². The number of fused-ring (bicyclic) bond motifs is 6. The maximum absolute atomic E-state index is 6.38. The van der Waals surface area contributed by atoms with E-state index >= 15 is 0 Å². The second-order valence-electron chi connectivity index (χ2n) is 10.7. The highest BCUT2D eigenvalue weighted by molar-refractivity contribution is 6.11. The Morgan fingerprint density at radius 1 is 0.386 bits per heavy atom. The quantitative estimate of drug-likeness (QED) is 0.211. The SMILES string of the molecule is c1ccc(-c2nc(-c3cc4oc(-c5ccccc5)nc4c4ccccc34)nc(-c3cccc4c3oc3ccccc34)n2)cc1. The Morgan fingerprint density at radius 3 is 1.80 bits per heavy atom. The summed E-state index contributed by atoms with van der Waals surface area (Å²) in [6.45, 7) is 0. The van der Waals surface area contributed by atoms with E-state index in [4.69, 9.17) is 28.8 Å². The highest BCUT2D eigenvalue weighted by Crippen LogP contribution is 2.38. The monoisotopic (exact) mass is 566 g/mol. The Hall–Kier alpha value is -6.14. The summed E-state index contributed by atoms with van der Waals surface area (Å²) < 4.78 is 12.7. The predicted octanol–water partition coefficient (Wildman–Crippen LogP) is 9.73. The van der Waals surface area contributed by atoms with Gasteiger partial charge in [-0.15, -0.1) is 0 Å². The van der Waals surface area contributed by atoms with Gasteiger partial charge < -0.3 is 8.83 Å². The zero-order valence-electron chi connectivity index (χ0n) is 23.3. The normalized spacial score (nSPS) is 11.6. The summed E-state index contributed by atoms with van der Waals surface area (Å²) in [6.07, 6.45) is 0. The lowest BCUT2D eigenvalue weighted by Gasteiger charge is -2.10. The van der Waals surface area contributed by atoms with Crippen molar-refractivity contribution in [1.29, 1.82) is 0 Å². The second-order valence-corrected chi connectivity index (χ2v) is 10.7. The van der Waals surface area contributed by atoms with Gasteiger partial charge in [-0.3, -0.25) is 0 Å². The van der Waals surface area contributed by atoms with E-state index in [9.17, 15) is 0 Å². The molecule has 0 unspecified atom stereocenters. The molecule has 44 heavy (non-hydrogen) atoms. The smallest absolute Gasteiger partial charge is 0.227 e. The van der Waals surface area contributed by atoms with E-state index in [0.717, 1.165) is 60.5 Å². The van der Waals surface area contributed by atoms with Crippen molar-refractivity contribution in [3.8, 4) is 45.6 Å². The molecule has 0 atom stereocenters. The number of hydrogen-bond donors (Lipinski definition) is 0. The fourth-order valence-corrected chi connectivity index (χ4v) is 5.90. The molecular weight excluding hydrogens is 544 g/mol. The number of hydrogen-bond acceptors (Lipinski definition) is 6. The number of para-hydroxylation sites is 2. The first-order chi connectivity index (χ1) is 21.8. The van der Waals surface area contributed by atoms with Gasteiger partial charge in [0.05, 0.1) is 5.56 Å². The molecular formula is C38H22N4O2. The molecule has 6 heteroatoms. The van der Waals surface area contributed by atoms with Crippen LogP contribution in [0.25, 0.3) is 89.4 Å². The molecule has 0 radical (unpaired) electrons. The first-order valence-corrected chi connectivity index (χ1v) is 14.4. The van der Waals surface area contributed by atoms with Crippen molar-refractivity contribution in [1.82, 2.24) is 19.9 Å². The van der Waals surface area contributed by atoms with Gasteiger partial charge in [0.25, 0.3) is 0 Å². The van der Waals surface area contributed by atoms with Crippen molar-refractivity contribution in [2.75, 3.05) is 0 Å². The number of nitrogens with zero attached hydrogens (tertiary/aromatic N) is 4. The van der Waals surface area contributed by atoms with Gasteiger partial charge in [-0.1, -0.05) is 103 Å². The summed E-state index contributed by atoms with van der Waals surface area (Å²) in [4.78, 5) is 20.0. The van der Waals surface area contributed by atoms with Crippen molar-refractivity contribution >= 4 is 43.8 Å². The molecule has 206 valence electrons. The molecule has 9 aromatic rings. The highest BCUT2D eigenvalue weighted by atomic mass is 16.3. The van der Waals surface area contributed by atoms with Crippen LogP contribution in [0.5, 0.6) is 0 Å². The average Bonchev–Trinajstić information content (AvgIpc) is 3.71. The summed E-state index contributed by atoms with van der Waals surface area (Å²) in [6, 6.07) is 44.2. The van der Waals surface area contributed by atoms with Gasteiger partial charge in [0, 0.05) is 32.8 Å². The fourth-order valence-electron chi connectivity index (χ4n) is 5.90. The minimum Gasteiger partial charge on any atom is -0.455 e. The summed E-state index contributed by atoms with van der Waals surface area (Å²) in [5.74, 6) is 2.22. The number of benzene rings is 6. The van der Waals surface area contributed by atoms with Crippen LogP contribution in [-0.4, -0.2) is 19.9 Å². The summed E-state index contributed by atoms with van der Waals surface area (Å²) in [7, 11) is 0. The Bertz CT molecular complexity index is 2500. The van der Waals surface area contributed by atoms with Crippen LogP contribution in [0, 0.1) is 0 Å². The molecule has 0 amide bonds. The topological polar surface area (TPSA) is 77.8 Å². The zero-order chi connectivity index (χ0) is 29.0. The molecule has 0 aliphatic carbocycles. The lowest BCUT2D eigenvalue weighted by atomic mass is 10.0. The average molecular weight is 567 g/mol. The second kappa shape index (κ2) is 9.71. The van der Waals surface area contributed by atoms with E-state index in [1.165, 1.54) is 0 Å². The summed E-state index contributed by atoms with van der Waals surface area (Å²) in [5, 5.41) is 4.01. The molecule has 0 bridgehead atoms. The van der Waals surface area contributed by atoms with E-state index in [-0.39, 0.29) is 0 Å². The predicted molar refractivity (Wildman–Crippen MR) is 174 cm³/mol. The van der Waals surface area contributed by atoms with E-state index in [1.807, 2.05) is 109 Å². The molecule has 0 saturated heterocycles. The van der Waals surface area contributed by atoms with Crippen LogP contribution in [0.1, 0.15) is 0 Å². The molecule has 0 spiro atoms. The van der Waals surface area contributed by atoms with Crippen molar-refractivity contribution in [3.63, 3.8) is 0 Å². The van der Waals surface area contributed by atoms with Crippen LogP contribution in [0.2, 0.25) is 0 Å². The van der Waals surface area contributed by atoms with Crippen LogP contribution in [-0.2, 0) is 0 Å². The Morgan fingerprint density at radius 2 is 1.00 bits per heavy atom. The third kappa shape index (κ3) is 3.89. The van der Waals surface area contributed by atoms with Gasteiger partial charge >= 0.3 is 0 Å². The van der Waals surface area contributed by atoms with Crippen LogP contribution in [0.3, 0.4) is 0 Å². The molecule has 9 rings (SSSR count). The molecule has 3 heterocycles. The third-order valence-electron chi connectivity index (χ3n) is 7.98. The molecule has 6 nitrogen and oxygen atoms in total. The van der Waals surface area contributed by atoms with Crippen LogP contribution in [0.4, 0.5) is 0 Å². The highest BCUT2D eigenvalue weighted by Gasteiger charge is 2.21. The van der Waals surface area contributed by atoms with Crippen molar-refractivity contribution < 1.29 is 8.83 Å². The maximum atomic E-state index is 6.38. The van der Waals surface area contributed by atoms with Gasteiger partial charge in [0.1, 0.15) is 16.7 Å². The van der Waals surface area contributed by atoms with Crippen molar-refractivity contribution in [2.24, 2.45) is 0 Å². The van der Waals surface area contributed by atoms with Gasteiger partial charge in [0.2, 0.25) is 5.89 Å². The molecule has 0 aliphatic heterocycles. The molecule has 3 aromatic heterocycles. The van der Waals surface area contributed by atoms with E-state index < -0.39 is 0 Å². The maximum Gasteiger partial charge on any atom is 0.227 e. The van der Waals surface area contributed by atoms with Crippen LogP contribution >= 0.6 is 0 Å². The zero-order valence-corrected chi connectivity index (χ0v) is 23.3. The number of aromatic nitrogens is 4.